The van der Waals surface area contributed by atoms with E-state index in [1.165, 1.54) is 0 Å². The Bertz CT molecular complexity index is 487. The molecule has 0 aromatic carbocycles. The number of nitrogens with one attached hydrogen (secondary N) is 1. The summed E-state index contributed by atoms with van der Waals surface area (Å²) >= 11 is 0. The number of pyridine rings is 1. The van der Waals surface area contributed by atoms with Crippen LogP contribution >= 0.6 is 0 Å². The van der Waals surface area contributed by atoms with E-state index in [4.69, 9.17) is 4.74 Å². The topological polar surface area (TPSA) is 59.9 Å². The van der Waals surface area contributed by atoms with E-state index < -0.39 is 0 Å². The normalized spacial score (nSPS) is 12.1. The van der Waals surface area contributed by atoms with E-state index in [1.807, 2.05) is 32.0 Å². The van der Waals surface area contributed by atoms with Gasteiger partial charge in [-0.15, -0.1) is 0 Å². The van der Waals surface area contributed by atoms with Gasteiger partial charge in [-0.2, -0.15) is 0 Å². The summed E-state index contributed by atoms with van der Waals surface area (Å²) in [6.45, 7) is 5.31. The van der Waals surface area contributed by atoms with E-state index in [0.29, 0.717) is 13.2 Å². The Morgan fingerprint density at radius 2 is 2.00 bits per heavy atom. The Balaban J connectivity index is 1.88. The molecular weight excluding hydrogens is 240 g/mol. The minimum atomic E-state index is 0.0922. The fraction of sp³-hybridized carbons (Fsp3) is 0.357. The fourth-order valence-electron chi connectivity index (χ4n) is 1.65. The molecule has 0 fully saturated rings. The maximum absolute atomic E-state index is 5.35. The molecule has 2 aromatic rings. The van der Waals surface area contributed by atoms with Crippen molar-refractivity contribution in [1.82, 2.24) is 20.3 Å². The van der Waals surface area contributed by atoms with Crippen LogP contribution in [0.4, 0.5) is 0 Å². The number of nitrogens with zero attached hydrogens (tertiary/aromatic N) is 3. The first kappa shape index (κ1) is 13.4. The van der Waals surface area contributed by atoms with Crippen molar-refractivity contribution >= 4 is 0 Å². The molecule has 0 amide bonds. The highest BCUT2D eigenvalue weighted by atomic mass is 16.5. The highest BCUT2D eigenvalue weighted by Gasteiger charge is 2.07. The monoisotopic (exact) mass is 258 g/mol. The summed E-state index contributed by atoms with van der Waals surface area (Å²) in [5.74, 6) is 1.58. The summed E-state index contributed by atoms with van der Waals surface area (Å²) in [7, 11) is 0. The summed E-state index contributed by atoms with van der Waals surface area (Å²) in [4.78, 5) is 12.8. The molecule has 2 rings (SSSR count). The first-order valence-electron chi connectivity index (χ1n) is 6.37. The lowest BCUT2D eigenvalue weighted by atomic mass is 10.3. The van der Waals surface area contributed by atoms with Crippen molar-refractivity contribution in [2.75, 3.05) is 6.61 Å². The molecule has 0 aliphatic carbocycles. The second kappa shape index (κ2) is 6.80. The number of rotatable bonds is 6. The SMILES string of the molecule is CCOc1ccc(CNC(C)c2ncccn2)nc1. The van der Waals surface area contributed by atoms with Gasteiger partial charge >= 0.3 is 0 Å². The molecule has 1 unspecified atom stereocenters. The Morgan fingerprint density at radius 3 is 2.63 bits per heavy atom. The predicted octanol–water partition coefficient (Wildman–Crippen LogP) is 2.12. The van der Waals surface area contributed by atoms with Crippen molar-refractivity contribution in [3.05, 3.63) is 48.3 Å². The molecule has 0 saturated carbocycles. The molecule has 0 radical (unpaired) electrons. The summed E-state index contributed by atoms with van der Waals surface area (Å²) in [6, 6.07) is 5.78. The molecule has 100 valence electrons. The Kier molecular flexibility index (Phi) is 4.80. The van der Waals surface area contributed by atoms with Crippen LogP contribution in [0.25, 0.3) is 0 Å². The van der Waals surface area contributed by atoms with E-state index in [9.17, 15) is 0 Å². The second-order valence-corrected chi connectivity index (χ2v) is 4.13. The lowest BCUT2D eigenvalue weighted by molar-refractivity contribution is 0.338. The van der Waals surface area contributed by atoms with Crippen LogP contribution in [-0.4, -0.2) is 21.6 Å². The van der Waals surface area contributed by atoms with Crippen LogP contribution in [0, 0.1) is 0 Å². The predicted molar refractivity (Wildman–Crippen MR) is 72.7 cm³/mol. The van der Waals surface area contributed by atoms with Gasteiger partial charge in [0.25, 0.3) is 0 Å². The highest BCUT2D eigenvalue weighted by Crippen LogP contribution is 2.10. The van der Waals surface area contributed by atoms with Crippen LogP contribution in [0.2, 0.25) is 0 Å². The lowest BCUT2D eigenvalue weighted by Gasteiger charge is -2.12. The number of hydrogen-bond acceptors (Lipinski definition) is 5. The maximum atomic E-state index is 5.35. The fourth-order valence-corrected chi connectivity index (χ4v) is 1.65. The lowest BCUT2D eigenvalue weighted by Crippen LogP contribution is -2.20. The van der Waals surface area contributed by atoms with Crippen LogP contribution in [0.1, 0.15) is 31.4 Å². The zero-order chi connectivity index (χ0) is 13.5. The van der Waals surface area contributed by atoms with Gasteiger partial charge in [0.05, 0.1) is 24.5 Å². The van der Waals surface area contributed by atoms with Gasteiger partial charge in [0.2, 0.25) is 0 Å². The molecule has 0 saturated heterocycles. The third kappa shape index (κ3) is 3.99. The van der Waals surface area contributed by atoms with Crippen molar-refractivity contribution in [3.8, 4) is 5.75 Å². The molecule has 1 N–H and O–H groups in total. The molecule has 5 heteroatoms. The number of ether oxygens (including phenoxy) is 1. The Morgan fingerprint density at radius 1 is 1.21 bits per heavy atom. The third-order valence-corrected chi connectivity index (χ3v) is 2.67. The van der Waals surface area contributed by atoms with Gasteiger partial charge in [0.15, 0.2) is 0 Å². The van der Waals surface area contributed by atoms with Crippen molar-refractivity contribution in [1.29, 1.82) is 0 Å². The van der Waals surface area contributed by atoms with Crippen LogP contribution in [-0.2, 0) is 6.54 Å². The summed E-state index contributed by atoms with van der Waals surface area (Å²) < 4.78 is 5.35. The smallest absolute Gasteiger partial charge is 0.144 e. The largest absolute Gasteiger partial charge is 0.492 e. The summed E-state index contributed by atoms with van der Waals surface area (Å²) in [6.07, 6.45) is 5.23. The molecule has 19 heavy (non-hydrogen) atoms. The number of hydrogen-bond donors (Lipinski definition) is 1. The van der Waals surface area contributed by atoms with E-state index in [2.05, 4.69) is 20.3 Å². The summed E-state index contributed by atoms with van der Waals surface area (Å²) in [5.41, 5.74) is 0.964. The number of aromatic nitrogens is 3. The average Bonchev–Trinajstić information content (AvgIpc) is 2.47. The van der Waals surface area contributed by atoms with Crippen LogP contribution in [0.5, 0.6) is 5.75 Å². The van der Waals surface area contributed by atoms with Crippen molar-refractivity contribution < 1.29 is 4.74 Å². The average molecular weight is 258 g/mol. The maximum Gasteiger partial charge on any atom is 0.144 e. The molecule has 0 aliphatic heterocycles. The van der Waals surface area contributed by atoms with Crippen molar-refractivity contribution in [2.45, 2.75) is 26.4 Å². The third-order valence-electron chi connectivity index (χ3n) is 2.67. The van der Waals surface area contributed by atoms with E-state index in [-0.39, 0.29) is 6.04 Å². The van der Waals surface area contributed by atoms with Crippen molar-refractivity contribution in [2.24, 2.45) is 0 Å². The Labute approximate surface area is 113 Å². The first-order chi connectivity index (χ1) is 9.29. The quantitative estimate of drug-likeness (QED) is 0.860. The van der Waals surface area contributed by atoms with Crippen molar-refractivity contribution in [3.63, 3.8) is 0 Å². The molecule has 0 spiro atoms. The molecule has 1 atom stereocenters. The zero-order valence-electron chi connectivity index (χ0n) is 11.2. The van der Waals surface area contributed by atoms with Gasteiger partial charge in [-0.1, -0.05) is 0 Å². The van der Waals surface area contributed by atoms with Gasteiger partial charge < -0.3 is 10.1 Å². The minimum Gasteiger partial charge on any atom is -0.492 e. The van der Waals surface area contributed by atoms with E-state index in [0.717, 1.165) is 17.3 Å². The summed E-state index contributed by atoms with van der Waals surface area (Å²) in [5, 5.41) is 3.34. The van der Waals surface area contributed by atoms with Gasteiger partial charge in [0, 0.05) is 18.9 Å². The van der Waals surface area contributed by atoms with Gasteiger partial charge in [-0.25, -0.2) is 9.97 Å². The highest BCUT2D eigenvalue weighted by molar-refractivity contribution is 5.19. The van der Waals surface area contributed by atoms with Crippen LogP contribution in [0.3, 0.4) is 0 Å². The zero-order valence-corrected chi connectivity index (χ0v) is 11.2. The van der Waals surface area contributed by atoms with Crippen LogP contribution in [0.15, 0.2) is 36.8 Å². The molecule has 0 aliphatic rings. The molecule has 2 aromatic heterocycles. The molecule has 0 bridgehead atoms. The van der Waals surface area contributed by atoms with Crippen LogP contribution < -0.4 is 10.1 Å². The first-order valence-corrected chi connectivity index (χ1v) is 6.37. The van der Waals surface area contributed by atoms with Gasteiger partial charge in [0.1, 0.15) is 11.6 Å². The minimum absolute atomic E-state index is 0.0922. The van der Waals surface area contributed by atoms with Gasteiger partial charge in [-0.05, 0) is 32.0 Å². The molecule has 2 heterocycles. The van der Waals surface area contributed by atoms with Gasteiger partial charge in [-0.3, -0.25) is 4.98 Å². The molecular formula is C14H18N4O. The van der Waals surface area contributed by atoms with E-state index in [1.54, 1.807) is 18.6 Å². The standard InChI is InChI=1S/C14H18N4O/c1-3-19-13-6-5-12(18-10-13)9-17-11(2)14-15-7-4-8-16-14/h4-8,10-11,17H,3,9H2,1-2H3. The second-order valence-electron chi connectivity index (χ2n) is 4.13. The van der Waals surface area contributed by atoms with E-state index >= 15 is 0 Å². The Hall–Kier alpha value is -2.01. The molecule has 5 nitrogen and oxygen atoms in total.